The normalized spacial score (nSPS) is 16.0. The number of unbranched alkanes of at least 4 members (excludes halogenated alkanes) is 1. The number of hydrogen-bond donors (Lipinski definition) is 6. The van der Waals surface area contributed by atoms with Gasteiger partial charge >= 0.3 is 24.1 Å². The summed E-state index contributed by atoms with van der Waals surface area (Å²) in [6.07, 6.45) is -1.83. The van der Waals surface area contributed by atoms with Gasteiger partial charge in [-0.2, -0.15) is 18.4 Å². The van der Waals surface area contributed by atoms with E-state index >= 15 is 4.39 Å². The molecule has 4 amide bonds. The Bertz CT molecular complexity index is 2710. The Morgan fingerprint density at radius 3 is 1.80 bits per heavy atom. The van der Waals surface area contributed by atoms with Crippen molar-refractivity contribution in [2.75, 3.05) is 156 Å². The predicted molar refractivity (Wildman–Crippen MR) is 297 cm³/mol. The number of aromatic nitrogens is 1. The maximum absolute atomic E-state index is 16.1. The number of ether oxygens (including phenoxy) is 1. The van der Waals surface area contributed by atoms with E-state index in [9.17, 15) is 67.3 Å². The number of alkyl halides is 3. The first-order valence-corrected chi connectivity index (χ1v) is 27.5. The summed E-state index contributed by atoms with van der Waals surface area (Å²) in [7, 11) is 3.28. The van der Waals surface area contributed by atoms with Gasteiger partial charge in [-0.15, -0.1) is 0 Å². The molecular weight excluding hydrogens is 1090 g/mol. The van der Waals surface area contributed by atoms with Gasteiger partial charge in [-0.3, -0.25) is 58.1 Å². The number of nitrogens with one attached hydrogen (secondary N) is 3. The minimum atomic E-state index is -4.65. The largest absolute Gasteiger partial charge is 0.493 e. The van der Waals surface area contributed by atoms with Crippen LogP contribution in [-0.4, -0.2) is 243 Å². The van der Waals surface area contributed by atoms with Crippen LogP contribution in [0.15, 0.2) is 54.7 Å². The molecule has 83 heavy (non-hydrogen) atoms. The smallest absolute Gasteiger partial charge is 0.416 e. The van der Waals surface area contributed by atoms with Crippen molar-refractivity contribution in [3.8, 4) is 23.1 Å². The van der Waals surface area contributed by atoms with Crippen molar-refractivity contribution in [1.82, 2.24) is 50.3 Å². The van der Waals surface area contributed by atoms with Crippen LogP contribution in [0.1, 0.15) is 55.7 Å². The molecule has 3 heterocycles. The lowest BCUT2D eigenvalue weighted by Crippen LogP contribution is -2.53. The van der Waals surface area contributed by atoms with E-state index in [1.807, 2.05) is 18.0 Å². The Hall–Kier alpha value is -7.51. The molecule has 2 fully saturated rings. The maximum atomic E-state index is 16.1. The molecule has 454 valence electrons. The van der Waals surface area contributed by atoms with E-state index in [4.69, 9.17) is 4.74 Å². The average molecular weight is 1170 g/mol. The number of benzene rings is 2. The van der Waals surface area contributed by atoms with E-state index in [0.29, 0.717) is 56.0 Å². The Labute approximate surface area is 480 Å². The minimum Gasteiger partial charge on any atom is -0.493 e. The predicted octanol–water partition coefficient (Wildman–Crippen LogP) is 2.10. The molecule has 0 aliphatic carbocycles. The fourth-order valence-corrected chi connectivity index (χ4v) is 9.91. The molecule has 0 unspecified atom stereocenters. The molecule has 2 aliphatic heterocycles. The van der Waals surface area contributed by atoms with E-state index in [2.05, 4.69) is 20.9 Å². The quantitative estimate of drug-likeness (QED) is 0.0471. The number of likely N-dealkylation sites (N-methyl/N-ethyl adjacent to an activating group) is 2. The molecule has 2 saturated heterocycles. The maximum Gasteiger partial charge on any atom is 0.416 e. The molecule has 0 atom stereocenters. The van der Waals surface area contributed by atoms with E-state index in [1.165, 1.54) is 30.3 Å². The van der Waals surface area contributed by atoms with Gasteiger partial charge in [0.2, 0.25) is 23.6 Å². The summed E-state index contributed by atoms with van der Waals surface area (Å²) in [6, 6.07) is 13.0. The molecule has 2 aromatic carbocycles. The summed E-state index contributed by atoms with van der Waals surface area (Å²) in [5.41, 5.74) is -1.37. The van der Waals surface area contributed by atoms with Gasteiger partial charge in [0.05, 0.1) is 61.6 Å². The highest BCUT2D eigenvalue weighted by molar-refractivity contribution is 5.89. The second-order valence-electron chi connectivity index (χ2n) is 20.6. The molecule has 0 radical (unpaired) electrons. The third kappa shape index (κ3) is 21.0. The molecule has 0 bridgehead atoms. The van der Waals surface area contributed by atoms with Gasteiger partial charge in [0.15, 0.2) is 0 Å². The van der Waals surface area contributed by atoms with E-state index in [-0.39, 0.29) is 153 Å². The number of aliphatic carboxylic acids is 3. The molecule has 1 aromatic heterocycles. The first-order chi connectivity index (χ1) is 39.5. The Morgan fingerprint density at radius 1 is 0.723 bits per heavy atom. The lowest BCUT2D eigenvalue weighted by Gasteiger charge is -2.42. The zero-order valence-corrected chi connectivity index (χ0v) is 47.2. The number of para-hydroxylation sites is 1. The standard InChI is InChI=1S/C56H76F4N12O11/c1-4-83-46-10-6-5-9-43(46)53-44(57)32-42(34-65-53)55(14-19-72(20-15-55)45-13-12-41(56(58,59)60)31-40(45)33-61)54(82)64-18-22-66(2)21-17-63-47(73)11-7-8-16-62-48(74)35-67(3)49(75)36-68-23-25-69(37-50(76)77)27-29-71(39-52(80)81)30-28-70(26-24-68)38-51(78)79/h5-6,9-10,12-13,31-32,34H,4,7-8,11,14-30,35-39H2,1-3H3,(H,62,74)(H,63,73)(H,64,82)(H,76,77)(H,78,79)(H,80,81). The fourth-order valence-electron chi connectivity index (χ4n) is 9.91. The van der Waals surface area contributed by atoms with Crippen molar-refractivity contribution in [2.24, 2.45) is 0 Å². The number of halogens is 4. The third-order valence-electron chi connectivity index (χ3n) is 14.6. The summed E-state index contributed by atoms with van der Waals surface area (Å²) in [4.78, 5) is 104. The Balaban J connectivity index is 1.06. The van der Waals surface area contributed by atoms with Crippen LogP contribution in [-0.2, 0) is 45.2 Å². The Morgan fingerprint density at radius 2 is 1.27 bits per heavy atom. The van der Waals surface area contributed by atoms with Crippen molar-refractivity contribution in [1.29, 1.82) is 5.26 Å². The summed E-state index contributed by atoms with van der Waals surface area (Å²) in [5, 5.41) is 46.8. The highest BCUT2D eigenvalue weighted by Crippen LogP contribution is 2.41. The summed E-state index contributed by atoms with van der Waals surface area (Å²) in [6.45, 7) is 4.56. The first-order valence-electron chi connectivity index (χ1n) is 27.5. The van der Waals surface area contributed by atoms with Crippen LogP contribution in [0.25, 0.3) is 11.3 Å². The zero-order chi connectivity index (χ0) is 60.7. The zero-order valence-electron chi connectivity index (χ0n) is 47.2. The van der Waals surface area contributed by atoms with Crippen LogP contribution in [0.2, 0.25) is 0 Å². The first kappa shape index (κ1) is 66.3. The molecule has 2 aliphatic rings. The van der Waals surface area contributed by atoms with Crippen LogP contribution in [0, 0.1) is 17.1 Å². The third-order valence-corrected chi connectivity index (χ3v) is 14.6. The van der Waals surface area contributed by atoms with Gasteiger partial charge in [-0.25, -0.2) is 4.39 Å². The number of hydrogen-bond acceptors (Lipinski definition) is 16. The Kier molecular flexibility index (Phi) is 25.9. The van der Waals surface area contributed by atoms with Gasteiger partial charge < -0.3 is 50.7 Å². The lowest BCUT2D eigenvalue weighted by molar-refractivity contribution is -0.140. The topological polar surface area (TPSA) is 285 Å². The van der Waals surface area contributed by atoms with Crippen molar-refractivity contribution in [2.45, 2.75) is 50.6 Å². The number of carboxylic acids is 3. The van der Waals surface area contributed by atoms with Crippen LogP contribution in [0.3, 0.4) is 0 Å². The van der Waals surface area contributed by atoms with Crippen LogP contribution in [0.4, 0.5) is 23.2 Å². The average Bonchev–Trinajstić information content (AvgIpc) is 3.62. The van der Waals surface area contributed by atoms with Gasteiger partial charge in [-0.05, 0) is 81.6 Å². The molecule has 23 nitrogen and oxygen atoms in total. The van der Waals surface area contributed by atoms with Gasteiger partial charge in [0, 0.05) is 123 Å². The second-order valence-corrected chi connectivity index (χ2v) is 20.6. The van der Waals surface area contributed by atoms with Gasteiger partial charge in [0.25, 0.3) is 0 Å². The number of nitriles is 1. The number of pyridine rings is 1. The number of nitrogens with zero attached hydrogens (tertiary/aromatic N) is 9. The molecule has 0 saturated carbocycles. The summed E-state index contributed by atoms with van der Waals surface area (Å²) >= 11 is 0. The van der Waals surface area contributed by atoms with Gasteiger partial charge in [0.1, 0.15) is 23.3 Å². The van der Waals surface area contributed by atoms with Crippen molar-refractivity contribution < 1.29 is 71.2 Å². The number of carbonyl (C=O) groups excluding carboxylic acids is 4. The number of piperidine rings is 1. The number of rotatable bonds is 27. The van der Waals surface area contributed by atoms with E-state index < -0.39 is 58.6 Å². The fraction of sp³-hybridized carbons (Fsp3) is 0.554. The number of carbonyl (C=O) groups is 7. The summed E-state index contributed by atoms with van der Waals surface area (Å²) in [5.74, 6) is -4.88. The van der Waals surface area contributed by atoms with Crippen LogP contribution >= 0.6 is 0 Å². The van der Waals surface area contributed by atoms with Crippen molar-refractivity contribution >= 4 is 47.2 Å². The lowest BCUT2D eigenvalue weighted by atomic mass is 9.72. The molecular formula is C56H76F4N12O11. The minimum absolute atomic E-state index is 0.0304. The molecule has 5 rings (SSSR count). The van der Waals surface area contributed by atoms with E-state index in [0.717, 1.165) is 12.1 Å². The van der Waals surface area contributed by atoms with Crippen LogP contribution < -0.4 is 25.6 Å². The highest BCUT2D eigenvalue weighted by atomic mass is 19.4. The summed E-state index contributed by atoms with van der Waals surface area (Å²) < 4.78 is 62.4. The van der Waals surface area contributed by atoms with Crippen molar-refractivity contribution in [3.63, 3.8) is 0 Å². The number of anilines is 1. The molecule has 27 heteroatoms. The van der Waals surface area contributed by atoms with Crippen molar-refractivity contribution in [3.05, 3.63) is 77.2 Å². The second kappa shape index (κ2) is 32.4. The highest BCUT2D eigenvalue weighted by Gasteiger charge is 2.44. The van der Waals surface area contributed by atoms with Gasteiger partial charge in [-0.1, -0.05) is 12.1 Å². The SMILES string of the molecule is CCOc1ccccc1-c1ncc(C2(C(=O)NCCN(C)CCNC(=O)CCCCNC(=O)CN(C)C(=O)CN3CCN(CC(=O)O)CCN(CC(=O)O)CCN(CC(=O)O)CC3)CCN(c3ccc(C(F)(F)F)cc3C#N)CC2)cc1F. The molecule has 6 N–H and O–H groups in total. The molecule has 3 aromatic rings. The number of amides is 4. The van der Waals surface area contributed by atoms with E-state index in [1.54, 1.807) is 55.7 Å². The van der Waals surface area contributed by atoms with Crippen LogP contribution in [0.5, 0.6) is 5.75 Å². The number of carboxylic acid groups (broad SMARTS) is 3. The molecule has 0 spiro atoms. The monoisotopic (exact) mass is 1170 g/mol.